The third kappa shape index (κ3) is 6.85. The number of carbonyl (C=O) groups excluding carboxylic acids is 1. The first-order valence-electron chi connectivity index (χ1n) is 3.46. The summed E-state index contributed by atoms with van der Waals surface area (Å²) in [6.45, 7) is 1.18. The van der Waals surface area contributed by atoms with Gasteiger partial charge in [-0.3, -0.25) is 9.00 Å². The fourth-order valence-electron chi connectivity index (χ4n) is 0.813. The van der Waals surface area contributed by atoms with Gasteiger partial charge in [0, 0.05) is 17.9 Å². The van der Waals surface area contributed by atoms with E-state index in [9.17, 15) is 22.0 Å². The minimum Gasteiger partial charge on any atom is -0.772 e. The van der Waals surface area contributed by atoms with Gasteiger partial charge in [-0.05, 0) is 6.92 Å². The van der Waals surface area contributed by atoms with Crippen molar-refractivity contribution in [2.24, 2.45) is 5.92 Å². The van der Waals surface area contributed by atoms with Crippen LogP contribution in [0.1, 0.15) is 6.92 Å². The molecular weight excluding hydrogens is 216 g/mol. The molecule has 0 aromatic rings. The number of carbonyl (C=O) groups is 1. The van der Waals surface area contributed by atoms with Gasteiger partial charge in [0.25, 0.3) is 0 Å². The molecule has 0 fully saturated rings. The largest absolute Gasteiger partial charge is 0.772 e. The van der Waals surface area contributed by atoms with Crippen molar-refractivity contribution in [3.8, 4) is 0 Å². The Balaban J connectivity index is 4.45. The molecule has 0 aliphatic rings. The minimum atomic E-state index is -3.31. The Kier molecular flexibility index (Phi) is 4.72. The van der Waals surface area contributed by atoms with E-state index in [0.717, 1.165) is 6.26 Å². The molecular formula is C6H11O5S2-. The highest BCUT2D eigenvalue weighted by molar-refractivity contribution is 7.90. The number of Topliss-reactive ketones (excluding diaryl/α,β-unsaturated/α-hetero) is 1. The zero-order valence-corrected chi connectivity index (χ0v) is 8.98. The van der Waals surface area contributed by atoms with Crippen LogP contribution >= 0.6 is 0 Å². The van der Waals surface area contributed by atoms with Crippen LogP contribution < -0.4 is 0 Å². The van der Waals surface area contributed by atoms with Crippen molar-refractivity contribution in [2.45, 2.75) is 6.92 Å². The number of rotatable bonds is 5. The van der Waals surface area contributed by atoms with Gasteiger partial charge < -0.3 is 4.55 Å². The fourth-order valence-corrected chi connectivity index (χ4v) is 2.73. The molecule has 0 N–H and O–H groups in total. The van der Waals surface area contributed by atoms with Gasteiger partial charge in [-0.2, -0.15) is 0 Å². The predicted molar refractivity (Wildman–Crippen MR) is 47.7 cm³/mol. The van der Waals surface area contributed by atoms with Crippen molar-refractivity contribution in [1.82, 2.24) is 0 Å². The van der Waals surface area contributed by atoms with E-state index in [4.69, 9.17) is 0 Å². The van der Waals surface area contributed by atoms with Gasteiger partial charge in [-0.25, -0.2) is 8.42 Å². The molecule has 0 spiro atoms. The predicted octanol–water partition coefficient (Wildman–Crippen LogP) is -0.885. The molecule has 0 amide bonds. The quantitative estimate of drug-likeness (QED) is 0.568. The zero-order valence-electron chi connectivity index (χ0n) is 7.35. The molecule has 0 bridgehead atoms. The van der Waals surface area contributed by atoms with Crippen molar-refractivity contribution < 1.29 is 22.0 Å². The number of sulfone groups is 1. The Morgan fingerprint density at radius 1 is 1.54 bits per heavy atom. The van der Waals surface area contributed by atoms with Gasteiger partial charge in [0.1, 0.15) is 15.6 Å². The Bertz CT molecular complexity index is 305. The van der Waals surface area contributed by atoms with E-state index in [1.807, 2.05) is 0 Å². The van der Waals surface area contributed by atoms with E-state index >= 15 is 0 Å². The van der Waals surface area contributed by atoms with Crippen LogP contribution in [0.5, 0.6) is 0 Å². The minimum absolute atomic E-state index is 0.406. The Morgan fingerprint density at radius 2 is 2.00 bits per heavy atom. The SMILES string of the molecule is CC(=O)C(CS(=O)[O-])CS(C)(=O)=O. The average Bonchev–Trinajstić information content (AvgIpc) is 1.81. The maximum Gasteiger partial charge on any atom is 0.148 e. The lowest BCUT2D eigenvalue weighted by atomic mass is 10.1. The first kappa shape index (κ1) is 12.7. The highest BCUT2D eigenvalue weighted by Gasteiger charge is 2.19. The molecule has 78 valence electrons. The van der Waals surface area contributed by atoms with Crippen molar-refractivity contribution in [3.05, 3.63) is 0 Å². The number of ketones is 1. The summed E-state index contributed by atoms with van der Waals surface area (Å²) in [7, 11) is -3.31. The lowest BCUT2D eigenvalue weighted by molar-refractivity contribution is -0.119. The summed E-state index contributed by atoms with van der Waals surface area (Å²) in [5.74, 6) is -2.19. The molecule has 0 rings (SSSR count). The first-order valence-corrected chi connectivity index (χ1v) is 6.77. The summed E-state index contributed by atoms with van der Waals surface area (Å²) in [5, 5.41) is 0. The van der Waals surface area contributed by atoms with Crippen LogP contribution in [0.3, 0.4) is 0 Å². The molecule has 0 saturated heterocycles. The molecule has 5 nitrogen and oxygen atoms in total. The highest BCUT2D eigenvalue weighted by Crippen LogP contribution is 2.04. The van der Waals surface area contributed by atoms with E-state index in [1.54, 1.807) is 0 Å². The molecule has 0 aliphatic carbocycles. The third-order valence-corrected chi connectivity index (χ3v) is 3.10. The summed E-state index contributed by atoms with van der Waals surface area (Å²) in [4.78, 5) is 10.8. The summed E-state index contributed by atoms with van der Waals surface area (Å²) in [6, 6.07) is 0. The van der Waals surface area contributed by atoms with Crippen LogP contribution in [0.25, 0.3) is 0 Å². The van der Waals surface area contributed by atoms with Crippen LogP contribution in [0.2, 0.25) is 0 Å². The van der Waals surface area contributed by atoms with E-state index in [-0.39, 0.29) is 0 Å². The number of hydrogen-bond donors (Lipinski definition) is 0. The first-order chi connectivity index (χ1) is 5.72. The molecule has 7 heteroatoms. The molecule has 13 heavy (non-hydrogen) atoms. The van der Waals surface area contributed by atoms with Crippen LogP contribution in [0.15, 0.2) is 0 Å². The standard InChI is InChI=1S/C6H12O5S2/c1-5(7)6(3-12(8)9)4-13(2,10)11/h6H,3-4H2,1-2H3,(H,8,9)/p-1. The maximum absolute atomic E-state index is 10.8. The monoisotopic (exact) mass is 227 g/mol. The van der Waals surface area contributed by atoms with Crippen LogP contribution in [0.4, 0.5) is 0 Å². The summed E-state index contributed by atoms with van der Waals surface area (Å²) in [6.07, 6.45) is 0.969. The normalized spacial score (nSPS) is 16.5. The van der Waals surface area contributed by atoms with Crippen molar-refractivity contribution in [2.75, 3.05) is 17.8 Å². The van der Waals surface area contributed by atoms with Crippen LogP contribution in [0, 0.1) is 5.92 Å². The van der Waals surface area contributed by atoms with Crippen molar-refractivity contribution in [3.63, 3.8) is 0 Å². The molecule has 0 aromatic carbocycles. The van der Waals surface area contributed by atoms with Gasteiger partial charge in [0.15, 0.2) is 0 Å². The lowest BCUT2D eigenvalue weighted by Gasteiger charge is -2.13. The van der Waals surface area contributed by atoms with Crippen LogP contribution in [-0.2, 0) is 25.7 Å². The maximum atomic E-state index is 10.8. The second-order valence-corrected chi connectivity index (χ2v) is 6.00. The molecule has 0 radical (unpaired) electrons. The Hall–Kier alpha value is -0.270. The third-order valence-electron chi connectivity index (χ3n) is 1.42. The Labute approximate surface area is 79.7 Å². The summed E-state index contributed by atoms with van der Waals surface area (Å²) < 4.78 is 42.1. The van der Waals surface area contributed by atoms with E-state index in [0.29, 0.717) is 0 Å². The van der Waals surface area contributed by atoms with E-state index in [2.05, 4.69) is 0 Å². The van der Waals surface area contributed by atoms with Gasteiger partial charge in [-0.15, -0.1) is 0 Å². The summed E-state index contributed by atoms with van der Waals surface area (Å²) in [5.41, 5.74) is 0. The molecule has 0 aromatic heterocycles. The highest BCUT2D eigenvalue weighted by atomic mass is 32.2. The van der Waals surface area contributed by atoms with Crippen molar-refractivity contribution in [1.29, 1.82) is 0 Å². The molecule has 0 heterocycles. The lowest BCUT2D eigenvalue weighted by Crippen LogP contribution is -2.26. The van der Waals surface area contributed by atoms with Crippen molar-refractivity contribution >= 4 is 26.7 Å². The molecule has 0 aliphatic heterocycles. The average molecular weight is 227 g/mol. The number of hydrogen-bond acceptors (Lipinski definition) is 5. The topological polar surface area (TPSA) is 91.3 Å². The van der Waals surface area contributed by atoms with Gasteiger partial charge in [0.05, 0.1) is 5.75 Å². The molecule has 2 unspecified atom stereocenters. The van der Waals surface area contributed by atoms with Gasteiger partial charge in [0.2, 0.25) is 0 Å². The van der Waals surface area contributed by atoms with E-state index in [1.165, 1.54) is 6.92 Å². The molecule has 2 atom stereocenters. The fraction of sp³-hybridized carbons (Fsp3) is 0.833. The zero-order chi connectivity index (χ0) is 10.6. The molecule has 0 saturated carbocycles. The van der Waals surface area contributed by atoms with E-state index < -0.39 is 44.1 Å². The smallest absolute Gasteiger partial charge is 0.148 e. The van der Waals surface area contributed by atoms with Gasteiger partial charge in [-0.1, -0.05) is 11.1 Å². The second-order valence-electron chi connectivity index (χ2n) is 2.87. The Morgan fingerprint density at radius 3 is 2.23 bits per heavy atom. The second kappa shape index (κ2) is 4.83. The van der Waals surface area contributed by atoms with Gasteiger partial charge >= 0.3 is 0 Å². The summed E-state index contributed by atoms with van der Waals surface area (Å²) >= 11 is -2.39. The van der Waals surface area contributed by atoms with Crippen LogP contribution in [-0.4, -0.2) is 40.7 Å².